The fraction of sp³-hybridized carbons (Fsp3) is 0.188. The average Bonchev–Trinajstić information content (AvgIpc) is 2.92. The summed E-state index contributed by atoms with van der Waals surface area (Å²) in [6, 6.07) is 9.91. The molecule has 104 valence electrons. The van der Waals surface area contributed by atoms with Crippen LogP contribution in [-0.4, -0.2) is 14.6 Å². The van der Waals surface area contributed by atoms with E-state index in [4.69, 9.17) is 6.57 Å². The molecular formula is C16H14N4O. The number of nitrogens with one attached hydrogen (secondary N) is 1. The van der Waals surface area contributed by atoms with Gasteiger partial charge in [-0.3, -0.25) is 4.79 Å². The molecule has 2 heterocycles. The molecule has 21 heavy (non-hydrogen) atoms. The quantitative estimate of drug-likeness (QED) is 0.749. The smallest absolute Gasteiger partial charge is 0.274 e. The average molecular weight is 278 g/mol. The lowest BCUT2D eigenvalue weighted by Gasteiger charge is -2.08. The zero-order valence-corrected chi connectivity index (χ0v) is 11.6. The van der Waals surface area contributed by atoms with Crippen molar-refractivity contribution in [2.24, 2.45) is 0 Å². The van der Waals surface area contributed by atoms with Crippen molar-refractivity contribution in [3.8, 4) is 0 Å². The maximum absolute atomic E-state index is 12.5. The molecule has 1 aromatic carbocycles. The summed E-state index contributed by atoms with van der Waals surface area (Å²) >= 11 is 0. The number of hydrogen-bond donors (Lipinski definition) is 1. The molecule has 5 nitrogen and oxygen atoms in total. The summed E-state index contributed by atoms with van der Waals surface area (Å²) in [6.45, 7) is 9.10. The molecule has 0 unspecified atom stereocenters. The minimum absolute atomic E-state index is 0.122. The van der Waals surface area contributed by atoms with Gasteiger partial charge in [-0.25, -0.2) is 14.3 Å². The third-order valence-corrected chi connectivity index (χ3v) is 3.51. The lowest BCUT2D eigenvalue weighted by Crippen LogP contribution is -2.22. The molecule has 3 aromatic rings. The van der Waals surface area contributed by atoms with Gasteiger partial charge in [0.1, 0.15) is 0 Å². The monoisotopic (exact) mass is 278 g/mol. The highest BCUT2D eigenvalue weighted by Crippen LogP contribution is 2.19. The largest absolute Gasteiger partial charge is 0.308 e. The molecule has 0 aliphatic rings. The summed E-state index contributed by atoms with van der Waals surface area (Å²) in [5, 5.41) is 2.80. The van der Waals surface area contributed by atoms with E-state index in [1.165, 1.54) is 10.7 Å². The summed E-state index contributed by atoms with van der Waals surface area (Å²) < 4.78 is 1.35. The Balaban J connectivity index is 2.21. The van der Waals surface area contributed by atoms with E-state index in [2.05, 4.69) is 14.9 Å². The van der Waals surface area contributed by atoms with Crippen LogP contribution < -0.4 is 5.56 Å². The van der Waals surface area contributed by atoms with Crippen LogP contribution >= 0.6 is 0 Å². The van der Waals surface area contributed by atoms with E-state index in [-0.39, 0.29) is 5.56 Å². The second kappa shape index (κ2) is 5.25. The van der Waals surface area contributed by atoms with Gasteiger partial charge in [-0.15, -0.1) is 0 Å². The molecule has 0 amide bonds. The van der Waals surface area contributed by atoms with Crippen LogP contribution in [0, 0.1) is 6.57 Å². The predicted molar refractivity (Wildman–Crippen MR) is 80.7 cm³/mol. The maximum atomic E-state index is 12.5. The van der Waals surface area contributed by atoms with Gasteiger partial charge in [0.05, 0.1) is 12.3 Å². The van der Waals surface area contributed by atoms with Crippen LogP contribution in [0.5, 0.6) is 0 Å². The Hall–Kier alpha value is -2.87. The first kappa shape index (κ1) is 13.1. The fourth-order valence-electron chi connectivity index (χ4n) is 2.45. The van der Waals surface area contributed by atoms with Crippen molar-refractivity contribution >= 4 is 11.3 Å². The first-order valence-electron chi connectivity index (χ1n) is 6.78. The molecule has 1 N–H and O–H groups in total. The van der Waals surface area contributed by atoms with Gasteiger partial charge in [0.2, 0.25) is 5.69 Å². The number of nitrogens with zero attached hydrogens (tertiary/aromatic N) is 3. The van der Waals surface area contributed by atoms with Crippen molar-refractivity contribution in [3.63, 3.8) is 0 Å². The van der Waals surface area contributed by atoms with Crippen molar-refractivity contribution in [3.05, 3.63) is 75.1 Å². The van der Waals surface area contributed by atoms with E-state index in [9.17, 15) is 4.79 Å². The minimum Gasteiger partial charge on any atom is -0.308 e. The summed E-state index contributed by atoms with van der Waals surface area (Å²) in [5.41, 5.74) is 3.18. The van der Waals surface area contributed by atoms with E-state index >= 15 is 0 Å². The Morgan fingerprint density at radius 2 is 2.10 bits per heavy atom. The minimum atomic E-state index is -0.122. The van der Waals surface area contributed by atoms with Gasteiger partial charge >= 0.3 is 0 Å². The molecule has 0 atom stereocenters. The van der Waals surface area contributed by atoms with E-state index in [0.29, 0.717) is 29.7 Å². The zero-order valence-electron chi connectivity index (χ0n) is 11.6. The Labute approximate surface area is 121 Å². The zero-order chi connectivity index (χ0) is 14.8. The van der Waals surface area contributed by atoms with Crippen molar-refractivity contribution < 1.29 is 0 Å². The Kier molecular flexibility index (Phi) is 3.28. The van der Waals surface area contributed by atoms with Crippen LogP contribution in [0.4, 0.5) is 5.69 Å². The van der Waals surface area contributed by atoms with Crippen LogP contribution in [0.15, 0.2) is 41.3 Å². The number of rotatable bonds is 3. The lowest BCUT2D eigenvalue weighted by molar-refractivity contribution is 0.841. The van der Waals surface area contributed by atoms with Crippen LogP contribution in [0.1, 0.15) is 23.7 Å². The first-order chi connectivity index (χ1) is 10.2. The fourth-order valence-corrected chi connectivity index (χ4v) is 2.45. The van der Waals surface area contributed by atoms with Crippen molar-refractivity contribution in [1.82, 2.24) is 14.6 Å². The van der Waals surface area contributed by atoms with Gasteiger partial charge in [-0.05, 0) is 12.0 Å². The topological polar surface area (TPSA) is 54.5 Å². The van der Waals surface area contributed by atoms with Crippen LogP contribution in [-0.2, 0) is 12.8 Å². The number of fused-ring (bicyclic) bond motifs is 1. The summed E-state index contributed by atoms with van der Waals surface area (Å²) in [4.78, 5) is 20.4. The number of aromatic amines is 1. The Bertz CT molecular complexity index is 884. The molecule has 0 bridgehead atoms. The van der Waals surface area contributed by atoms with Gasteiger partial charge in [0, 0.05) is 18.2 Å². The van der Waals surface area contributed by atoms with E-state index in [0.717, 1.165) is 11.3 Å². The molecule has 0 fully saturated rings. The molecule has 2 aromatic heterocycles. The highest BCUT2D eigenvalue weighted by Gasteiger charge is 2.15. The third-order valence-electron chi connectivity index (χ3n) is 3.51. The van der Waals surface area contributed by atoms with E-state index in [1.54, 1.807) is 0 Å². The second-order valence-corrected chi connectivity index (χ2v) is 4.79. The van der Waals surface area contributed by atoms with E-state index < -0.39 is 0 Å². The van der Waals surface area contributed by atoms with Crippen molar-refractivity contribution in [1.29, 1.82) is 0 Å². The molecule has 0 saturated carbocycles. The normalized spacial score (nSPS) is 10.7. The van der Waals surface area contributed by atoms with Gasteiger partial charge in [0.25, 0.3) is 5.56 Å². The molecule has 0 saturated heterocycles. The van der Waals surface area contributed by atoms with Gasteiger partial charge < -0.3 is 5.10 Å². The Morgan fingerprint density at radius 3 is 2.76 bits per heavy atom. The van der Waals surface area contributed by atoms with Crippen LogP contribution in [0.2, 0.25) is 0 Å². The highest BCUT2D eigenvalue weighted by molar-refractivity contribution is 5.67. The number of aromatic nitrogens is 3. The SMILES string of the molecule is [C-]#[N+]c1c[nH]n2c(=O)c(CC)c(Cc3ccccc3)nc12. The molecule has 0 aliphatic carbocycles. The van der Waals surface area contributed by atoms with Gasteiger partial charge in [-0.2, -0.15) is 0 Å². The second-order valence-electron chi connectivity index (χ2n) is 4.79. The Morgan fingerprint density at radius 1 is 1.33 bits per heavy atom. The van der Waals surface area contributed by atoms with Gasteiger partial charge in [-0.1, -0.05) is 37.3 Å². The van der Waals surface area contributed by atoms with Crippen LogP contribution in [0.3, 0.4) is 0 Å². The lowest BCUT2D eigenvalue weighted by atomic mass is 10.0. The highest BCUT2D eigenvalue weighted by atomic mass is 16.1. The summed E-state index contributed by atoms with van der Waals surface area (Å²) in [5.74, 6) is 0. The van der Waals surface area contributed by atoms with Crippen LogP contribution in [0.25, 0.3) is 10.5 Å². The van der Waals surface area contributed by atoms with Gasteiger partial charge in [0.15, 0.2) is 5.65 Å². The number of benzene rings is 1. The summed E-state index contributed by atoms with van der Waals surface area (Å²) in [7, 11) is 0. The standard InChI is InChI=1S/C16H14N4O/c1-3-12-13(9-11-7-5-4-6-8-11)19-15-14(17-2)10-18-20(15)16(12)21/h4-8,10,18H,3,9H2,1H3. The molecule has 5 heteroatoms. The number of H-pyrrole nitrogens is 1. The number of hydrogen-bond acceptors (Lipinski definition) is 2. The molecule has 0 aliphatic heterocycles. The molecule has 0 radical (unpaired) electrons. The first-order valence-corrected chi connectivity index (χ1v) is 6.78. The molecule has 3 rings (SSSR count). The molecular weight excluding hydrogens is 264 g/mol. The van der Waals surface area contributed by atoms with Crippen molar-refractivity contribution in [2.75, 3.05) is 0 Å². The summed E-state index contributed by atoms with van der Waals surface area (Å²) in [6.07, 6.45) is 2.73. The van der Waals surface area contributed by atoms with Crippen molar-refractivity contribution in [2.45, 2.75) is 19.8 Å². The van der Waals surface area contributed by atoms with E-state index in [1.807, 2.05) is 37.3 Å². The maximum Gasteiger partial charge on any atom is 0.274 e. The third kappa shape index (κ3) is 2.21. The predicted octanol–water partition coefficient (Wildman–Crippen LogP) is 2.73. The molecule has 0 spiro atoms.